The van der Waals surface area contributed by atoms with Crippen LogP contribution in [0.15, 0.2) is 72.8 Å². The van der Waals surface area contributed by atoms with Gasteiger partial charge in [-0.25, -0.2) is 4.39 Å². The van der Waals surface area contributed by atoms with Crippen molar-refractivity contribution in [1.29, 1.82) is 0 Å². The van der Waals surface area contributed by atoms with Gasteiger partial charge in [-0.15, -0.1) is 0 Å². The summed E-state index contributed by atoms with van der Waals surface area (Å²) in [7, 11) is 0. The van der Waals surface area contributed by atoms with Gasteiger partial charge >= 0.3 is 0 Å². The van der Waals surface area contributed by atoms with Crippen molar-refractivity contribution < 1.29 is 4.39 Å². The lowest BCUT2D eigenvalue weighted by molar-refractivity contribution is 0.297. The van der Waals surface area contributed by atoms with Gasteiger partial charge in [0.25, 0.3) is 0 Å². The molecule has 31 heavy (non-hydrogen) atoms. The summed E-state index contributed by atoms with van der Waals surface area (Å²) >= 11 is 5.78. The lowest BCUT2D eigenvalue weighted by Crippen LogP contribution is -2.15. The average molecular weight is 435 g/mol. The van der Waals surface area contributed by atoms with E-state index in [1.54, 1.807) is 12.1 Å². The Kier molecular flexibility index (Phi) is 7.45. The number of rotatable bonds is 7. The van der Waals surface area contributed by atoms with E-state index in [0.29, 0.717) is 11.8 Å². The molecule has 1 aliphatic rings. The number of hydrogen-bond acceptors (Lipinski definition) is 0. The third kappa shape index (κ3) is 5.98. The highest BCUT2D eigenvalue weighted by atomic mass is 35.5. The molecular weight excluding hydrogens is 403 g/mol. The number of aryl methyl sites for hydroxylation is 2. The smallest absolute Gasteiger partial charge is 0.142 e. The van der Waals surface area contributed by atoms with Crippen molar-refractivity contribution >= 4 is 11.6 Å². The molecule has 0 radical (unpaired) electrons. The molecule has 0 nitrogen and oxygen atoms in total. The van der Waals surface area contributed by atoms with Crippen LogP contribution >= 0.6 is 11.6 Å². The molecule has 0 N–H and O–H groups in total. The van der Waals surface area contributed by atoms with Crippen LogP contribution in [0.25, 0.3) is 0 Å². The maximum absolute atomic E-state index is 13.6. The second kappa shape index (κ2) is 10.5. The van der Waals surface area contributed by atoms with Crippen LogP contribution in [0.5, 0.6) is 0 Å². The molecular formula is C29H32ClF. The quantitative estimate of drug-likeness (QED) is 0.348. The molecule has 0 saturated heterocycles. The van der Waals surface area contributed by atoms with E-state index < -0.39 is 0 Å². The predicted octanol–water partition coefficient (Wildman–Crippen LogP) is 8.73. The Morgan fingerprint density at radius 1 is 0.839 bits per heavy atom. The third-order valence-electron chi connectivity index (χ3n) is 7.04. The molecule has 1 aliphatic carbocycles. The zero-order valence-corrected chi connectivity index (χ0v) is 19.1. The number of benzene rings is 3. The van der Waals surface area contributed by atoms with Crippen molar-refractivity contribution in [3.05, 3.63) is 106 Å². The fourth-order valence-corrected chi connectivity index (χ4v) is 5.21. The van der Waals surface area contributed by atoms with Gasteiger partial charge in [0.05, 0.1) is 5.02 Å². The van der Waals surface area contributed by atoms with Gasteiger partial charge in [-0.3, -0.25) is 0 Å². The number of halogens is 2. The third-order valence-corrected chi connectivity index (χ3v) is 7.35. The summed E-state index contributed by atoms with van der Waals surface area (Å²) in [4.78, 5) is 0. The summed E-state index contributed by atoms with van der Waals surface area (Å²) in [6, 6.07) is 25.2. The van der Waals surface area contributed by atoms with Crippen LogP contribution in [0.1, 0.15) is 73.1 Å². The fraction of sp³-hybridized carbons (Fsp3) is 0.379. The molecule has 1 unspecified atom stereocenters. The zero-order chi connectivity index (χ0) is 21.6. The van der Waals surface area contributed by atoms with Crippen LogP contribution in [0.3, 0.4) is 0 Å². The maximum Gasteiger partial charge on any atom is 0.142 e. The SMILES string of the molecule is CC(CC1CCC(c2ccc(CCc3ccc(Cl)c(F)c3)cc2)CC1)c1ccccc1. The summed E-state index contributed by atoms with van der Waals surface area (Å²) < 4.78 is 13.6. The first-order valence-electron chi connectivity index (χ1n) is 11.7. The van der Waals surface area contributed by atoms with E-state index in [9.17, 15) is 4.39 Å². The van der Waals surface area contributed by atoms with Crippen molar-refractivity contribution in [3.8, 4) is 0 Å². The van der Waals surface area contributed by atoms with Crippen LogP contribution in [0, 0.1) is 11.7 Å². The molecule has 0 heterocycles. The Hall–Kier alpha value is -2.12. The van der Waals surface area contributed by atoms with Crippen LogP contribution in [0.4, 0.5) is 4.39 Å². The molecule has 2 heteroatoms. The van der Waals surface area contributed by atoms with Gasteiger partial charge in [0.15, 0.2) is 0 Å². The summed E-state index contributed by atoms with van der Waals surface area (Å²) in [6.07, 6.45) is 8.34. The molecule has 162 valence electrons. The lowest BCUT2D eigenvalue weighted by atomic mass is 9.75. The minimum absolute atomic E-state index is 0.192. The van der Waals surface area contributed by atoms with E-state index in [1.807, 2.05) is 6.07 Å². The Morgan fingerprint density at radius 3 is 2.16 bits per heavy atom. The topological polar surface area (TPSA) is 0 Å². The molecule has 0 amide bonds. The van der Waals surface area contributed by atoms with Crippen molar-refractivity contribution in [1.82, 2.24) is 0 Å². The Morgan fingerprint density at radius 2 is 1.48 bits per heavy atom. The number of hydrogen-bond donors (Lipinski definition) is 0. The van der Waals surface area contributed by atoms with Crippen LogP contribution in [0.2, 0.25) is 5.02 Å². The minimum Gasteiger partial charge on any atom is -0.205 e. The highest BCUT2D eigenvalue weighted by Crippen LogP contribution is 2.39. The highest BCUT2D eigenvalue weighted by Gasteiger charge is 2.24. The summed E-state index contributed by atoms with van der Waals surface area (Å²) in [5.74, 6) is 1.87. The second-order valence-corrected chi connectivity index (χ2v) is 9.66. The van der Waals surface area contributed by atoms with Crippen molar-refractivity contribution in [3.63, 3.8) is 0 Å². The molecule has 0 spiro atoms. The summed E-state index contributed by atoms with van der Waals surface area (Å²) in [5.41, 5.74) is 5.26. The van der Waals surface area contributed by atoms with E-state index in [-0.39, 0.29) is 10.8 Å². The monoisotopic (exact) mass is 434 g/mol. The predicted molar refractivity (Wildman–Crippen MR) is 129 cm³/mol. The molecule has 0 bridgehead atoms. The van der Waals surface area contributed by atoms with Crippen LogP contribution in [-0.4, -0.2) is 0 Å². The Balaban J connectivity index is 1.25. The zero-order valence-electron chi connectivity index (χ0n) is 18.4. The van der Waals surface area contributed by atoms with E-state index >= 15 is 0 Å². The summed E-state index contributed by atoms with van der Waals surface area (Å²) in [6.45, 7) is 2.37. The van der Waals surface area contributed by atoms with Crippen molar-refractivity contribution in [2.45, 2.75) is 63.7 Å². The molecule has 0 aromatic heterocycles. The van der Waals surface area contributed by atoms with Gasteiger partial charge in [-0.05, 0) is 97.1 Å². The van der Waals surface area contributed by atoms with Gasteiger partial charge < -0.3 is 0 Å². The van der Waals surface area contributed by atoms with Gasteiger partial charge in [-0.2, -0.15) is 0 Å². The van der Waals surface area contributed by atoms with Gasteiger partial charge in [-0.1, -0.05) is 79.2 Å². The second-order valence-electron chi connectivity index (χ2n) is 9.26. The van der Waals surface area contributed by atoms with Crippen LogP contribution in [-0.2, 0) is 12.8 Å². The average Bonchev–Trinajstić information content (AvgIpc) is 2.81. The fourth-order valence-electron chi connectivity index (χ4n) is 5.09. The molecule has 1 atom stereocenters. The first-order chi connectivity index (χ1) is 15.1. The normalized spacial score (nSPS) is 19.8. The van der Waals surface area contributed by atoms with Crippen LogP contribution < -0.4 is 0 Å². The van der Waals surface area contributed by atoms with E-state index in [0.717, 1.165) is 24.3 Å². The molecule has 0 aliphatic heterocycles. The van der Waals surface area contributed by atoms with Gasteiger partial charge in [0.2, 0.25) is 0 Å². The molecule has 1 saturated carbocycles. The molecule has 1 fully saturated rings. The Bertz CT molecular complexity index is 956. The standard InChI is InChI=1S/C29H32ClF/c1-21(25-5-3-2-4-6-25)19-23-11-16-27(17-12-23)26-14-9-22(10-15-26)7-8-24-13-18-28(30)29(31)20-24/h2-6,9-10,13-15,18,20-21,23,27H,7-8,11-12,16-17,19H2,1H3. The molecule has 3 aromatic rings. The molecule has 3 aromatic carbocycles. The minimum atomic E-state index is -0.330. The highest BCUT2D eigenvalue weighted by molar-refractivity contribution is 6.30. The van der Waals surface area contributed by atoms with Gasteiger partial charge in [0.1, 0.15) is 5.82 Å². The summed E-state index contributed by atoms with van der Waals surface area (Å²) in [5, 5.41) is 0.192. The first-order valence-corrected chi connectivity index (χ1v) is 12.0. The largest absolute Gasteiger partial charge is 0.205 e. The van der Waals surface area contributed by atoms with E-state index in [2.05, 4.69) is 61.5 Å². The lowest BCUT2D eigenvalue weighted by Gasteiger charge is -2.30. The first kappa shape index (κ1) is 22.1. The van der Waals surface area contributed by atoms with Crippen molar-refractivity contribution in [2.24, 2.45) is 5.92 Å². The van der Waals surface area contributed by atoms with Crippen molar-refractivity contribution in [2.75, 3.05) is 0 Å². The van der Waals surface area contributed by atoms with Gasteiger partial charge in [0, 0.05) is 0 Å². The maximum atomic E-state index is 13.6. The molecule has 4 rings (SSSR count). The van der Waals surface area contributed by atoms with E-state index in [1.165, 1.54) is 48.8 Å². The Labute approximate surface area is 191 Å². The van der Waals surface area contributed by atoms with E-state index in [4.69, 9.17) is 11.6 Å².